The first-order chi connectivity index (χ1) is 12.7. The summed E-state index contributed by atoms with van der Waals surface area (Å²) < 4.78 is 7.52. The lowest BCUT2D eigenvalue weighted by molar-refractivity contribution is 0.0266. The van der Waals surface area contributed by atoms with E-state index < -0.39 is 5.60 Å². The maximum Gasteiger partial charge on any atom is 0.410 e. The summed E-state index contributed by atoms with van der Waals surface area (Å²) in [5.41, 5.74) is 2.78. The fourth-order valence-electron chi connectivity index (χ4n) is 3.10. The Bertz CT molecular complexity index is 766. The number of imidazole rings is 1. The number of carbonyl (C=O) groups is 1. The second kappa shape index (κ2) is 8.46. The van der Waals surface area contributed by atoms with E-state index >= 15 is 0 Å². The van der Waals surface area contributed by atoms with Gasteiger partial charge in [-0.25, -0.2) is 9.78 Å². The predicted octanol–water partition coefficient (Wildman–Crippen LogP) is 4.39. The molecule has 1 N–H and O–H groups in total. The van der Waals surface area contributed by atoms with Gasteiger partial charge in [0.1, 0.15) is 17.2 Å². The Kier molecular flexibility index (Phi) is 6.52. The van der Waals surface area contributed by atoms with Crippen molar-refractivity contribution in [3.63, 3.8) is 0 Å². The summed E-state index contributed by atoms with van der Waals surface area (Å²) in [5, 5.41) is 3.24. The number of carbonyl (C=O) groups excluding carboxylic acids is 1. The molecule has 0 atom stereocenters. The molecule has 0 saturated carbocycles. The fourth-order valence-corrected chi connectivity index (χ4v) is 3.10. The first kappa shape index (κ1) is 20.8. The van der Waals surface area contributed by atoms with E-state index in [0.717, 1.165) is 35.8 Å². The minimum absolute atomic E-state index is 0.266. The van der Waals surface area contributed by atoms with Gasteiger partial charge in [0.25, 0.3) is 0 Å². The lowest BCUT2D eigenvalue weighted by Gasteiger charge is -2.29. The smallest absolute Gasteiger partial charge is 0.410 e. The summed E-state index contributed by atoms with van der Waals surface area (Å²) in [6.07, 6.45) is 7.37. The number of anilines is 1. The minimum Gasteiger partial charge on any atom is -0.444 e. The van der Waals surface area contributed by atoms with Crippen LogP contribution in [0, 0.1) is 6.92 Å². The summed E-state index contributed by atoms with van der Waals surface area (Å²) in [6, 6.07) is 0. The summed E-state index contributed by atoms with van der Waals surface area (Å²) in [5.74, 6) is 1.93. The van der Waals surface area contributed by atoms with Crippen molar-refractivity contribution in [1.29, 1.82) is 0 Å². The maximum absolute atomic E-state index is 12.2. The molecule has 1 aromatic heterocycles. The molecular formula is C21H32N4O2. The van der Waals surface area contributed by atoms with Crippen LogP contribution in [0.5, 0.6) is 0 Å². The summed E-state index contributed by atoms with van der Waals surface area (Å²) in [7, 11) is 1.91. The number of ether oxygens (including phenoxy) is 1. The van der Waals surface area contributed by atoms with E-state index in [2.05, 4.69) is 40.6 Å². The van der Waals surface area contributed by atoms with Gasteiger partial charge in [0.2, 0.25) is 0 Å². The van der Waals surface area contributed by atoms with Crippen molar-refractivity contribution in [3.8, 4) is 0 Å². The van der Waals surface area contributed by atoms with E-state index in [4.69, 9.17) is 4.74 Å². The van der Waals surface area contributed by atoms with Crippen LogP contribution in [0.3, 0.4) is 0 Å². The van der Waals surface area contributed by atoms with Crippen LogP contribution in [-0.4, -0.2) is 46.3 Å². The molecule has 27 heavy (non-hydrogen) atoms. The predicted molar refractivity (Wildman–Crippen MR) is 111 cm³/mol. The molecule has 0 radical (unpaired) electrons. The van der Waals surface area contributed by atoms with Gasteiger partial charge < -0.3 is 15.0 Å². The molecule has 0 saturated heterocycles. The number of nitrogens with one attached hydrogen (secondary N) is 1. The maximum atomic E-state index is 12.2. The van der Waals surface area contributed by atoms with Gasteiger partial charge in [-0.3, -0.25) is 4.57 Å². The Labute approximate surface area is 162 Å². The van der Waals surface area contributed by atoms with Crippen molar-refractivity contribution in [2.24, 2.45) is 0 Å². The molecule has 2 rings (SSSR count). The lowest BCUT2D eigenvalue weighted by Crippen LogP contribution is -2.39. The van der Waals surface area contributed by atoms with Gasteiger partial charge in [-0.1, -0.05) is 25.7 Å². The highest BCUT2D eigenvalue weighted by Gasteiger charge is 2.24. The molecule has 6 nitrogen and oxygen atoms in total. The van der Waals surface area contributed by atoms with Gasteiger partial charge in [-0.05, 0) is 51.7 Å². The van der Waals surface area contributed by atoms with Crippen molar-refractivity contribution in [2.75, 3.05) is 25.5 Å². The van der Waals surface area contributed by atoms with E-state index in [0.29, 0.717) is 13.1 Å². The Morgan fingerprint density at radius 2 is 2.15 bits per heavy atom. The fraction of sp³-hybridized carbons (Fsp3) is 0.524. The van der Waals surface area contributed by atoms with Crippen LogP contribution < -0.4 is 5.32 Å². The average Bonchev–Trinajstić information content (AvgIpc) is 2.93. The quantitative estimate of drug-likeness (QED) is 0.779. The van der Waals surface area contributed by atoms with Gasteiger partial charge >= 0.3 is 6.09 Å². The molecule has 1 amide bonds. The highest BCUT2D eigenvalue weighted by atomic mass is 16.6. The number of rotatable bonds is 5. The molecule has 0 aliphatic carbocycles. The number of amides is 1. The summed E-state index contributed by atoms with van der Waals surface area (Å²) in [4.78, 5) is 18.6. The first-order valence-electron chi connectivity index (χ1n) is 9.47. The first-order valence-corrected chi connectivity index (χ1v) is 9.47. The topological polar surface area (TPSA) is 59.4 Å². The molecule has 1 aliphatic heterocycles. The van der Waals surface area contributed by atoms with Crippen LogP contribution in [0.15, 0.2) is 29.9 Å². The van der Waals surface area contributed by atoms with Crippen molar-refractivity contribution < 1.29 is 9.53 Å². The number of allylic oxidation sites excluding steroid dienone is 2. The third-order valence-electron chi connectivity index (χ3n) is 4.45. The molecular weight excluding hydrogens is 340 g/mol. The van der Waals surface area contributed by atoms with Crippen LogP contribution in [0.4, 0.5) is 10.6 Å². The highest BCUT2D eigenvalue weighted by molar-refractivity contribution is 5.69. The second-order valence-electron chi connectivity index (χ2n) is 7.62. The molecule has 1 aromatic rings. The Hall–Kier alpha value is -2.50. The van der Waals surface area contributed by atoms with E-state index in [1.54, 1.807) is 4.90 Å². The standard InChI is InChI=1S/C21H32N4O2/c1-8-16(14-25-15(3)23-18(9-2)19(25)22-7)17-10-12-24(13-11-17)20(26)27-21(4,5)6/h8,10,14,22H,1,9,11-13H2,2-7H3/b16-14+. The second-order valence-corrected chi connectivity index (χ2v) is 7.62. The van der Waals surface area contributed by atoms with Gasteiger partial charge in [-0.2, -0.15) is 0 Å². The van der Waals surface area contributed by atoms with E-state index in [-0.39, 0.29) is 6.09 Å². The van der Waals surface area contributed by atoms with Crippen molar-refractivity contribution in [1.82, 2.24) is 14.5 Å². The van der Waals surface area contributed by atoms with E-state index in [1.807, 2.05) is 40.8 Å². The molecule has 0 spiro atoms. The Morgan fingerprint density at radius 1 is 1.44 bits per heavy atom. The molecule has 0 fully saturated rings. The molecule has 0 unspecified atom stereocenters. The van der Waals surface area contributed by atoms with Gasteiger partial charge in [0, 0.05) is 26.3 Å². The number of hydrogen-bond acceptors (Lipinski definition) is 4. The average molecular weight is 373 g/mol. The number of aromatic nitrogens is 2. The monoisotopic (exact) mass is 372 g/mol. The zero-order valence-electron chi connectivity index (χ0n) is 17.4. The van der Waals surface area contributed by atoms with E-state index in [9.17, 15) is 4.79 Å². The summed E-state index contributed by atoms with van der Waals surface area (Å²) >= 11 is 0. The lowest BCUT2D eigenvalue weighted by atomic mass is 10.0. The molecule has 0 aromatic carbocycles. The van der Waals surface area contributed by atoms with Crippen LogP contribution in [0.1, 0.15) is 45.6 Å². The summed E-state index contributed by atoms with van der Waals surface area (Å²) in [6.45, 7) is 14.9. The van der Waals surface area contributed by atoms with Gasteiger partial charge in [0.15, 0.2) is 0 Å². The van der Waals surface area contributed by atoms with E-state index in [1.165, 1.54) is 5.57 Å². The molecule has 6 heteroatoms. The molecule has 1 aliphatic rings. The van der Waals surface area contributed by atoms with Crippen LogP contribution in [-0.2, 0) is 11.2 Å². The normalized spacial score (nSPS) is 15.4. The van der Waals surface area contributed by atoms with Crippen LogP contribution in [0.2, 0.25) is 0 Å². The zero-order valence-corrected chi connectivity index (χ0v) is 17.4. The zero-order chi connectivity index (χ0) is 20.2. The largest absolute Gasteiger partial charge is 0.444 e. The van der Waals surface area contributed by atoms with Crippen molar-refractivity contribution in [2.45, 2.75) is 53.1 Å². The SMILES string of the molecule is C=C/C(=C\n1c(C)nc(CC)c1NC)C1=CCN(C(=O)OC(C)(C)C)CC1. The van der Waals surface area contributed by atoms with Gasteiger partial charge in [0.05, 0.1) is 5.69 Å². The van der Waals surface area contributed by atoms with Crippen LogP contribution in [0.25, 0.3) is 6.20 Å². The van der Waals surface area contributed by atoms with Gasteiger partial charge in [-0.15, -0.1) is 0 Å². The molecule has 2 heterocycles. The van der Waals surface area contributed by atoms with Crippen LogP contribution >= 0.6 is 0 Å². The minimum atomic E-state index is -0.479. The molecule has 0 bridgehead atoms. The third kappa shape index (κ3) is 5.02. The number of nitrogens with zero attached hydrogens (tertiary/aromatic N) is 3. The Morgan fingerprint density at radius 3 is 2.63 bits per heavy atom. The molecule has 148 valence electrons. The third-order valence-corrected chi connectivity index (χ3v) is 4.45. The number of hydrogen-bond donors (Lipinski definition) is 1. The number of aryl methyl sites for hydroxylation is 2. The van der Waals surface area contributed by atoms with Crippen molar-refractivity contribution in [3.05, 3.63) is 41.4 Å². The highest BCUT2D eigenvalue weighted by Crippen LogP contribution is 2.25. The van der Waals surface area contributed by atoms with Crippen molar-refractivity contribution >= 4 is 18.1 Å². The Balaban J connectivity index is 2.22.